The summed E-state index contributed by atoms with van der Waals surface area (Å²) in [6.45, 7) is 1.17. The Morgan fingerprint density at radius 2 is 1.00 bits per heavy atom. The summed E-state index contributed by atoms with van der Waals surface area (Å²) >= 11 is 0. The molecule has 0 spiro atoms. The second kappa shape index (κ2) is 29.9. The number of benzene rings is 2. The van der Waals surface area contributed by atoms with Gasteiger partial charge in [0.25, 0.3) is 0 Å². The van der Waals surface area contributed by atoms with E-state index in [9.17, 15) is 78.3 Å². The van der Waals surface area contributed by atoms with Gasteiger partial charge in [-0.2, -0.15) is 0 Å². The first-order valence-corrected chi connectivity index (χ1v) is 22.0. The van der Waals surface area contributed by atoms with Gasteiger partial charge in [0.2, 0.25) is 47.3 Å². The Hall–Kier alpha value is -7.71. The molecule has 0 radical (unpaired) electrons. The number of hydrogen-bond acceptors (Lipinski definition) is 15. The van der Waals surface area contributed by atoms with E-state index in [1.165, 1.54) is 24.3 Å². The molecule has 384 valence electrons. The first-order chi connectivity index (χ1) is 33.1. The quantitative estimate of drug-likeness (QED) is 0.0316. The van der Waals surface area contributed by atoms with Crippen molar-refractivity contribution in [3.05, 3.63) is 65.7 Å². The molecule has 2 rings (SSSR count). The monoisotopic (exact) mass is 986 g/mol. The Labute approximate surface area is 401 Å². The molecule has 0 aliphatic rings. The lowest BCUT2D eigenvalue weighted by Crippen LogP contribution is -2.60. The summed E-state index contributed by atoms with van der Waals surface area (Å²) in [6.07, 6.45) is -1.91. The maximum Gasteiger partial charge on any atom is 0.326 e. The molecule has 0 heterocycles. The largest absolute Gasteiger partial charge is 0.508 e. The lowest BCUT2D eigenvalue weighted by molar-refractivity contribution is -0.143. The van der Waals surface area contributed by atoms with Gasteiger partial charge in [-0.25, -0.2) is 4.79 Å². The summed E-state index contributed by atoms with van der Waals surface area (Å²) in [5.74, 6) is -13.6. The third kappa shape index (κ3) is 21.1. The van der Waals surface area contributed by atoms with E-state index in [1.54, 1.807) is 44.2 Å². The number of unbranched alkanes of at least 4 members (excludes halogenated alkanes) is 1. The number of aliphatic hydroxyl groups excluding tert-OH is 1. The third-order valence-corrected chi connectivity index (χ3v) is 10.2. The second-order valence-electron chi connectivity index (χ2n) is 16.2. The Morgan fingerprint density at radius 1 is 0.529 bits per heavy atom. The molecule has 26 heteroatoms. The van der Waals surface area contributed by atoms with Gasteiger partial charge in [0.1, 0.15) is 48.0 Å². The van der Waals surface area contributed by atoms with E-state index in [4.69, 9.17) is 11.5 Å². The summed E-state index contributed by atoms with van der Waals surface area (Å²) in [4.78, 5) is 141. The minimum atomic E-state index is -1.91. The molecule has 17 N–H and O–H groups in total. The molecule has 70 heavy (non-hydrogen) atoms. The topological polar surface area (TPSA) is 437 Å². The van der Waals surface area contributed by atoms with Crippen LogP contribution in [0.4, 0.5) is 0 Å². The summed E-state index contributed by atoms with van der Waals surface area (Å²) in [5, 5.41) is 66.6. The lowest BCUT2D eigenvalue weighted by atomic mass is 10.0. The van der Waals surface area contributed by atoms with Crippen molar-refractivity contribution in [3.8, 4) is 5.75 Å². The van der Waals surface area contributed by atoms with E-state index < -0.39 is 146 Å². The summed E-state index contributed by atoms with van der Waals surface area (Å²) in [7, 11) is 0. The number of carbonyl (C=O) groups is 11. The van der Waals surface area contributed by atoms with Gasteiger partial charge in [0, 0.05) is 12.8 Å². The van der Waals surface area contributed by atoms with Gasteiger partial charge in [0.15, 0.2) is 0 Å². The first kappa shape index (κ1) is 58.4. The number of phenolic OH excluding ortho intramolecular Hbond substituents is 1. The fraction of sp³-hybridized carbons (Fsp3) is 0.477. The van der Waals surface area contributed by atoms with Gasteiger partial charge in [-0.3, -0.25) is 47.9 Å². The molecular formula is C44H62N10O16. The van der Waals surface area contributed by atoms with Crippen molar-refractivity contribution < 1.29 is 78.3 Å². The first-order valence-electron chi connectivity index (χ1n) is 22.0. The van der Waals surface area contributed by atoms with Crippen molar-refractivity contribution in [2.45, 2.75) is 101 Å². The van der Waals surface area contributed by atoms with Crippen LogP contribution in [0, 0.1) is 5.92 Å². The molecule has 2 aromatic rings. The highest BCUT2D eigenvalue weighted by Crippen LogP contribution is 2.13. The van der Waals surface area contributed by atoms with Crippen LogP contribution in [0.1, 0.15) is 57.1 Å². The summed E-state index contributed by atoms with van der Waals surface area (Å²) in [5.41, 5.74) is 11.6. The average Bonchev–Trinajstić information content (AvgIpc) is 3.30. The molecule has 0 unspecified atom stereocenters. The highest BCUT2D eigenvalue weighted by atomic mass is 16.4. The Bertz CT molecular complexity index is 2140. The molecule has 2 aromatic carbocycles. The predicted octanol–water partition coefficient (Wildman–Crippen LogP) is -4.54. The van der Waals surface area contributed by atoms with Crippen LogP contribution in [-0.2, 0) is 65.6 Å². The smallest absolute Gasteiger partial charge is 0.326 e. The van der Waals surface area contributed by atoms with E-state index in [2.05, 4.69) is 42.5 Å². The maximum absolute atomic E-state index is 13.8. The van der Waals surface area contributed by atoms with E-state index in [0.717, 1.165) is 0 Å². The van der Waals surface area contributed by atoms with Crippen LogP contribution in [0.2, 0.25) is 0 Å². The van der Waals surface area contributed by atoms with Crippen molar-refractivity contribution in [2.24, 2.45) is 17.4 Å². The maximum atomic E-state index is 13.8. The van der Waals surface area contributed by atoms with Crippen molar-refractivity contribution in [2.75, 3.05) is 26.2 Å². The number of carboxylic acids is 3. The normalized spacial score (nSPS) is 13.9. The van der Waals surface area contributed by atoms with Gasteiger partial charge in [0.05, 0.1) is 32.5 Å². The lowest BCUT2D eigenvalue weighted by Gasteiger charge is -2.27. The van der Waals surface area contributed by atoms with Crippen LogP contribution in [0.15, 0.2) is 54.6 Å². The van der Waals surface area contributed by atoms with Gasteiger partial charge in [-0.1, -0.05) is 56.3 Å². The zero-order valence-corrected chi connectivity index (χ0v) is 38.5. The van der Waals surface area contributed by atoms with Gasteiger partial charge in [-0.05, 0) is 55.0 Å². The van der Waals surface area contributed by atoms with Crippen LogP contribution < -0.4 is 54.0 Å². The SMILES string of the molecule is CC(C)[C@H](NC(=O)[C@H](CCCCN)NC(=O)[C@H](CO)NC(=O)CN)C(=O)NCC(=O)N[C@@H](CC(=O)O)C(=O)N[C@@H](Cc1ccccc1)C(=O)N[C@@H](CC(=O)O)C(=O)N[C@@H](Cc1ccc(O)cc1)C(=O)O. The number of phenols is 1. The van der Waals surface area contributed by atoms with E-state index in [0.29, 0.717) is 24.0 Å². The van der Waals surface area contributed by atoms with Gasteiger partial charge in [-0.15, -0.1) is 0 Å². The van der Waals surface area contributed by atoms with Crippen LogP contribution in [0.25, 0.3) is 0 Å². The Balaban J connectivity index is 2.27. The molecule has 0 aliphatic heterocycles. The third-order valence-electron chi connectivity index (χ3n) is 10.2. The average molecular weight is 987 g/mol. The van der Waals surface area contributed by atoms with Crippen molar-refractivity contribution >= 4 is 65.2 Å². The molecular weight excluding hydrogens is 925 g/mol. The standard InChI is InChI=1S/C44H62N10O16/c1-23(2)37(54-38(63)27(10-6-7-15-45)50-42(67)32(22-55)49-33(57)20-46)43(68)47-21-34(58)48-29(18-35(59)60)40(65)51-28(16-24-8-4-3-5-9-24)39(64)52-30(19-36(61)62)41(66)53-31(44(69)70)17-25-11-13-26(56)14-12-25/h3-5,8-9,11-14,23,27-32,37,55-56H,6-7,10,15-22,45-46H2,1-2H3,(H,47,68)(H,48,58)(H,49,57)(H,50,67)(H,51,65)(H,52,64)(H,53,66)(H,54,63)(H,59,60)(H,61,62)(H,69,70)/t27-,28-,29-,30-,31-,32-,37-/m0/s1. The fourth-order valence-corrected chi connectivity index (χ4v) is 6.50. The number of hydrogen-bond donors (Lipinski definition) is 15. The molecule has 0 saturated heterocycles. The zero-order chi connectivity index (χ0) is 52.5. The minimum absolute atomic E-state index is 0.0297. The predicted molar refractivity (Wildman–Crippen MR) is 245 cm³/mol. The van der Waals surface area contributed by atoms with Crippen molar-refractivity contribution in [3.63, 3.8) is 0 Å². The molecule has 0 aromatic heterocycles. The molecule has 0 saturated carbocycles. The van der Waals surface area contributed by atoms with Crippen LogP contribution in [-0.4, -0.2) is 159 Å². The van der Waals surface area contributed by atoms with Gasteiger partial charge < -0.3 is 79.5 Å². The van der Waals surface area contributed by atoms with Crippen molar-refractivity contribution in [1.29, 1.82) is 0 Å². The number of carbonyl (C=O) groups excluding carboxylic acids is 8. The Kier molecular flexibility index (Phi) is 25.0. The highest BCUT2D eigenvalue weighted by molar-refractivity contribution is 5.98. The number of aliphatic carboxylic acids is 3. The molecule has 8 amide bonds. The Morgan fingerprint density at radius 3 is 1.53 bits per heavy atom. The molecule has 7 atom stereocenters. The van der Waals surface area contributed by atoms with Crippen LogP contribution in [0.3, 0.4) is 0 Å². The molecule has 0 aliphatic carbocycles. The number of rotatable bonds is 31. The molecule has 26 nitrogen and oxygen atoms in total. The van der Waals surface area contributed by atoms with Gasteiger partial charge >= 0.3 is 17.9 Å². The number of aromatic hydroxyl groups is 1. The number of carboxylic acid groups (broad SMARTS) is 3. The second-order valence-corrected chi connectivity index (χ2v) is 16.2. The summed E-state index contributed by atoms with van der Waals surface area (Å²) < 4.78 is 0. The minimum Gasteiger partial charge on any atom is -0.508 e. The van der Waals surface area contributed by atoms with E-state index in [-0.39, 0.29) is 31.6 Å². The fourth-order valence-electron chi connectivity index (χ4n) is 6.50. The highest BCUT2D eigenvalue weighted by Gasteiger charge is 2.35. The van der Waals surface area contributed by atoms with Crippen molar-refractivity contribution in [1.82, 2.24) is 42.5 Å². The van der Waals surface area contributed by atoms with Crippen LogP contribution in [0.5, 0.6) is 5.75 Å². The van der Waals surface area contributed by atoms with E-state index in [1.807, 2.05) is 0 Å². The van der Waals surface area contributed by atoms with Crippen LogP contribution >= 0.6 is 0 Å². The number of amides is 8. The summed E-state index contributed by atoms with van der Waals surface area (Å²) in [6, 6.07) is 2.09. The number of nitrogens with one attached hydrogen (secondary N) is 8. The molecule has 0 bridgehead atoms. The number of nitrogens with two attached hydrogens (primary N) is 2. The molecule has 0 fully saturated rings. The van der Waals surface area contributed by atoms with E-state index >= 15 is 0 Å². The number of aliphatic hydroxyl groups is 1. The zero-order valence-electron chi connectivity index (χ0n) is 38.5.